The molecule has 8 fully saturated rings. The molecular weight excluding hydrogens is 676 g/mol. The molecule has 0 aromatic heterocycles. The van der Waals surface area contributed by atoms with Gasteiger partial charge in [0.15, 0.2) is 18.4 Å². The van der Waals surface area contributed by atoms with Crippen molar-refractivity contribution in [3.63, 3.8) is 0 Å². The van der Waals surface area contributed by atoms with Crippen molar-refractivity contribution in [2.75, 3.05) is 19.8 Å². The molecule has 0 aromatic carbocycles. The summed E-state index contributed by atoms with van der Waals surface area (Å²) in [6.45, 7) is 9.33. The summed E-state index contributed by atoms with van der Waals surface area (Å²) in [5.74, 6) is 3.63. The Morgan fingerprint density at radius 1 is 0.673 bits per heavy atom. The topological polar surface area (TPSA) is 197 Å². The lowest BCUT2D eigenvalue weighted by molar-refractivity contribution is -0.364. The van der Waals surface area contributed by atoms with Crippen molar-refractivity contribution in [1.82, 2.24) is 0 Å². The fourth-order valence-electron chi connectivity index (χ4n) is 13.2. The fourth-order valence-corrected chi connectivity index (χ4v) is 13.2. The van der Waals surface area contributed by atoms with E-state index in [9.17, 15) is 35.7 Å². The second-order valence-corrected chi connectivity index (χ2v) is 18.7. The van der Waals surface area contributed by atoms with E-state index < -0.39 is 80.4 Å². The molecule has 4 aliphatic heterocycles. The first-order chi connectivity index (χ1) is 24.7. The van der Waals surface area contributed by atoms with Crippen LogP contribution in [0.25, 0.3) is 0 Å². The Balaban J connectivity index is 0.892. The minimum absolute atomic E-state index is 0.188. The lowest BCUT2D eigenvalue weighted by atomic mass is 9.44. The van der Waals surface area contributed by atoms with Gasteiger partial charge in [-0.05, 0) is 104 Å². The van der Waals surface area contributed by atoms with Crippen molar-refractivity contribution in [1.29, 1.82) is 0 Å². The Hall–Kier alpha value is -0.520. The second kappa shape index (κ2) is 14.1. The Morgan fingerprint density at radius 2 is 1.37 bits per heavy atom. The lowest BCUT2D eigenvalue weighted by Gasteiger charge is -2.61. The van der Waals surface area contributed by atoms with Crippen molar-refractivity contribution in [2.24, 2.45) is 52.3 Å². The molecule has 4 saturated carbocycles. The van der Waals surface area contributed by atoms with E-state index in [1.54, 1.807) is 0 Å². The molecule has 4 heterocycles. The van der Waals surface area contributed by atoms with Crippen LogP contribution < -0.4 is 0 Å². The molecule has 8 rings (SSSR count). The predicted molar refractivity (Wildman–Crippen MR) is 183 cm³/mol. The average molecular weight is 741 g/mol. The first-order valence-electron chi connectivity index (χ1n) is 20.3. The fraction of sp³-hybridized carbons (Fsp3) is 1.00. The van der Waals surface area contributed by atoms with E-state index in [1.807, 2.05) is 0 Å². The van der Waals surface area contributed by atoms with Gasteiger partial charge in [-0.25, -0.2) is 0 Å². The zero-order valence-corrected chi connectivity index (χ0v) is 31.2. The number of fused-ring (bicyclic) bond motifs is 7. The summed E-state index contributed by atoms with van der Waals surface area (Å²) >= 11 is 0. The number of hydrogen-bond acceptors (Lipinski definition) is 13. The van der Waals surface area contributed by atoms with Gasteiger partial charge in [-0.15, -0.1) is 0 Å². The smallest absolute Gasteiger partial charge is 0.187 e. The third-order valence-corrected chi connectivity index (χ3v) is 16.2. The minimum atomic E-state index is -1.71. The maximum absolute atomic E-state index is 11.2. The molecule has 0 amide bonds. The van der Waals surface area contributed by atoms with E-state index in [1.165, 1.54) is 25.7 Å². The summed E-state index contributed by atoms with van der Waals surface area (Å²) in [5, 5.41) is 72.8. The highest BCUT2D eigenvalue weighted by Crippen LogP contribution is 2.71. The molecule has 22 atom stereocenters. The first kappa shape index (κ1) is 38.4. The van der Waals surface area contributed by atoms with Crippen LogP contribution in [0.3, 0.4) is 0 Å². The van der Waals surface area contributed by atoms with Gasteiger partial charge in [0.2, 0.25) is 0 Å². The molecule has 13 heteroatoms. The summed E-state index contributed by atoms with van der Waals surface area (Å²) in [4.78, 5) is 0. The lowest BCUT2D eigenvalue weighted by Crippen LogP contribution is -2.65. The highest BCUT2D eigenvalue weighted by molar-refractivity contribution is 5.15. The molecule has 1 spiro atoms. The van der Waals surface area contributed by atoms with Gasteiger partial charge in [-0.1, -0.05) is 27.7 Å². The van der Waals surface area contributed by atoms with Gasteiger partial charge in [0.05, 0.1) is 32.0 Å². The van der Waals surface area contributed by atoms with Crippen molar-refractivity contribution in [3.05, 3.63) is 0 Å². The van der Waals surface area contributed by atoms with Crippen LogP contribution in [-0.2, 0) is 28.4 Å². The molecule has 298 valence electrons. The Kier molecular flexibility index (Phi) is 10.4. The zero-order valence-electron chi connectivity index (χ0n) is 31.2. The maximum Gasteiger partial charge on any atom is 0.187 e. The van der Waals surface area contributed by atoms with Crippen molar-refractivity contribution in [2.45, 2.75) is 171 Å². The minimum Gasteiger partial charge on any atom is -0.394 e. The third kappa shape index (κ3) is 5.98. The van der Waals surface area contributed by atoms with Gasteiger partial charge < -0.3 is 64.2 Å². The number of ether oxygens (including phenoxy) is 6. The average Bonchev–Trinajstić information content (AvgIpc) is 3.58. The van der Waals surface area contributed by atoms with Crippen molar-refractivity contribution in [3.8, 4) is 0 Å². The summed E-state index contributed by atoms with van der Waals surface area (Å²) in [7, 11) is 0. The Morgan fingerprint density at radius 3 is 2.08 bits per heavy atom. The number of rotatable bonds is 6. The van der Waals surface area contributed by atoms with Crippen molar-refractivity contribution < 1.29 is 64.2 Å². The molecule has 4 aliphatic carbocycles. The van der Waals surface area contributed by atoms with Gasteiger partial charge in [0.1, 0.15) is 48.8 Å². The molecule has 8 aliphatic rings. The van der Waals surface area contributed by atoms with Crippen molar-refractivity contribution >= 4 is 0 Å². The van der Waals surface area contributed by atoms with Crippen LogP contribution in [0.1, 0.15) is 91.9 Å². The van der Waals surface area contributed by atoms with Gasteiger partial charge in [-0.3, -0.25) is 0 Å². The second-order valence-electron chi connectivity index (χ2n) is 18.7. The number of hydrogen-bond donors (Lipinski definition) is 7. The molecule has 0 aromatic rings. The van der Waals surface area contributed by atoms with Crippen LogP contribution >= 0.6 is 0 Å². The molecule has 13 nitrogen and oxygen atoms in total. The van der Waals surface area contributed by atoms with Crippen LogP contribution in [0.5, 0.6) is 0 Å². The van der Waals surface area contributed by atoms with Crippen LogP contribution in [0.4, 0.5) is 0 Å². The molecule has 0 radical (unpaired) electrons. The zero-order chi connectivity index (χ0) is 36.9. The van der Waals surface area contributed by atoms with E-state index in [0.717, 1.165) is 45.1 Å². The third-order valence-electron chi connectivity index (χ3n) is 16.2. The van der Waals surface area contributed by atoms with E-state index in [0.29, 0.717) is 41.4 Å². The van der Waals surface area contributed by atoms with E-state index in [4.69, 9.17) is 28.4 Å². The summed E-state index contributed by atoms with van der Waals surface area (Å²) in [6, 6.07) is 0. The normalized spacial score (nSPS) is 59.0. The van der Waals surface area contributed by atoms with Crippen LogP contribution in [0, 0.1) is 52.3 Å². The molecule has 4 saturated heterocycles. The number of aliphatic hydroxyl groups excluding tert-OH is 7. The van der Waals surface area contributed by atoms with Gasteiger partial charge >= 0.3 is 0 Å². The summed E-state index contributed by atoms with van der Waals surface area (Å²) < 4.78 is 37.0. The van der Waals surface area contributed by atoms with Crippen LogP contribution in [-0.4, -0.2) is 135 Å². The SMILES string of the molecule is C[C@@H]1CC[C@@]2(OC1)O[C@H]1C[C@H]3[C@@H]4CC[C@@H]5C[C@@H](O[C@@H]6O[C@H](CO)[C@@H](O[C@@H]7O[C@H](CO)[C@@H](O)[C@H](O)[C@H]7O)[C@H](O)[C@H]6O)CC[C@]5(C)[C@H]4CC[C@]3(C)[C@H]1[C@@H]2C. The highest BCUT2D eigenvalue weighted by Gasteiger charge is 2.69. The first-order valence-corrected chi connectivity index (χ1v) is 20.3. The summed E-state index contributed by atoms with van der Waals surface area (Å²) in [6.07, 6.45) is -3.66. The van der Waals surface area contributed by atoms with Crippen LogP contribution in [0.15, 0.2) is 0 Å². The summed E-state index contributed by atoms with van der Waals surface area (Å²) in [5.41, 5.74) is 0.468. The Labute approximate surface area is 307 Å². The van der Waals surface area contributed by atoms with Crippen LogP contribution in [0.2, 0.25) is 0 Å². The molecular formula is C39H64O13. The molecule has 0 bridgehead atoms. The maximum atomic E-state index is 11.2. The van der Waals surface area contributed by atoms with Gasteiger partial charge in [0.25, 0.3) is 0 Å². The number of aliphatic hydroxyl groups is 7. The standard InChI is InChI=1S/C39H64O13/c1-18-7-12-39(47-17-18)19(2)28-25(52-39)14-24-22-6-5-20-13-21(8-10-37(20,3)23(22)9-11-38(24,28)4)48-35-33(46)31(44)34(27(16-41)50-35)51-36-32(45)30(43)29(42)26(15-40)49-36/h18-36,40-46H,5-17H2,1-4H3/t18-,19+,20-,21+,22-,23+,24+,25+,26-,27-,28+,29-,30+,31-,32-,33-,34-,35-,36+,37+,38+,39-/m1/s1. The molecule has 0 unspecified atom stereocenters. The van der Waals surface area contributed by atoms with E-state index >= 15 is 0 Å². The quantitative estimate of drug-likeness (QED) is 0.194. The molecule has 52 heavy (non-hydrogen) atoms. The molecule has 7 N–H and O–H groups in total. The van der Waals surface area contributed by atoms with E-state index in [-0.39, 0.29) is 23.0 Å². The largest absolute Gasteiger partial charge is 0.394 e. The van der Waals surface area contributed by atoms with Gasteiger partial charge in [0, 0.05) is 12.3 Å². The Bertz CT molecular complexity index is 1260. The highest BCUT2D eigenvalue weighted by atomic mass is 16.7. The monoisotopic (exact) mass is 740 g/mol. The van der Waals surface area contributed by atoms with Gasteiger partial charge in [-0.2, -0.15) is 0 Å². The predicted octanol–water partition coefficient (Wildman–Crippen LogP) is 1.44. The van der Waals surface area contributed by atoms with E-state index in [2.05, 4.69) is 27.7 Å².